The molecule has 3 nitrogen and oxygen atoms in total. The topological polar surface area (TPSA) is 57.5 Å². The lowest BCUT2D eigenvalue weighted by Crippen LogP contribution is -2.20. The summed E-state index contributed by atoms with van der Waals surface area (Å²) >= 11 is 1.18. The molecule has 0 aromatic heterocycles. The minimum atomic E-state index is -0.858. The minimum absolute atomic E-state index is 0.0396. The third kappa shape index (κ3) is 3.13. The second-order valence-corrected chi connectivity index (χ2v) is 5.94. The number of rotatable bonds is 5. The Labute approximate surface area is 111 Å². The highest BCUT2D eigenvalue weighted by atomic mass is 32.2. The first-order valence-corrected chi connectivity index (χ1v) is 7.17. The number of hydrogen-bond acceptors (Lipinski definition) is 4. The van der Waals surface area contributed by atoms with Gasteiger partial charge in [-0.05, 0) is 36.0 Å². The first-order valence-electron chi connectivity index (χ1n) is 6.19. The van der Waals surface area contributed by atoms with Gasteiger partial charge in [-0.2, -0.15) is 0 Å². The highest BCUT2D eigenvalue weighted by molar-refractivity contribution is 8.13. The van der Waals surface area contributed by atoms with Crippen LogP contribution in [0.3, 0.4) is 0 Å². The second kappa shape index (κ2) is 5.87. The molecule has 1 aromatic rings. The summed E-state index contributed by atoms with van der Waals surface area (Å²) in [6.45, 7) is 1.50. The fraction of sp³-hybridized carbons (Fsp3) is 0.500. The van der Waals surface area contributed by atoms with Crippen LogP contribution in [0.25, 0.3) is 0 Å². The van der Waals surface area contributed by atoms with Crippen molar-refractivity contribution in [2.75, 3.05) is 5.75 Å². The van der Waals surface area contributed by atoms with Crippen LogP contribution in [0.2, 0.25) is 0 Å². The van der Waals surface area contributed by atoms with Crippen LogP contribution in [-0.4, -0.2) is 27.2 Å². The van der Waals surface area contributed by atoms with E-state index in [0.717, 1.165) is 18.4 Å². The normalized spacial score (nSPS) is 16.6. The number of aliphatic hydroxyl groups is 2. The maximum atomic E-state index is 10.8. The lowest BCUT2D eigenvalue weighted by atomic mass is 9.86. The molecule has 1 aliphatic carbocycles. The van der Waals surface area contributed by atoms with Crippen molar-refractivity contribution < 1.29 is 15.0 Å². The summed E-state index contributed by atoms with van der Waals surface area (Å²) in [5, 5.41) is 20.0. The molecule has 0 bridgehead atoms. The molecule has 0 heterocycles. The Balaban J connectivity index is 1.90. The molecule has 0 spiro atoms. The molecule has 2 atom stereocenters. The van der Waals surface area contributed by atoms with Crippen LogP contribution >= 0.6 is 11.8 Å². The largest absolute Gasteiger partial charge is 0.390 e. The van der Waals surface area contributed by atoms with Crippen molar-refractivity contribution in [3.8, 4) is 0 Å². The lowest BCUT2D eigenvalue weighted by Gasteiger charge is -2.23. The average Bonchev–Trinajstić information content (AvgIpc) is 2.29. The Morgan fingerprint density at radius 2 is 2.06 bits per heavy atom. The molecule has 2 N–H and O–H groups in total. The standard InChI is InChI=1S/C14H18O3S/c1-9(15)18-7-6-13(16)14(17)12-5-3-10-2-4-11(10)8-12/h3,5,8,13-14,16-17H,2,4,6-7H2,1H3. The van der Waals surface area contributed by atoms with Crippen molar-refractivity contribution in [1.82, 2.24) is 0 Å². The smallest absolute Gasteiger partial charge is 0.185 e. The third-order valence-corrected chi connectivity index (χ3v) is 4.17. The predicted octanol–water partition coefficient (Wildman–Crippen LogP) is 1.85. The Hall–Kier alpha value is -0.840. The van der Waals surface area contributed by atoms with Gasteiger partial charge in [-0.15, -0.1) is 0 Å². The zero-order chi connectivity index (χ0) is 13.1. The van der Waals surface area contributed by atoms with Crippen molar-refractivity contribution in [2.24, 2.45) is 0 Å². The van der Waals surface area contributed by atoms with Crippen LogP contribution < -0.4 is 0 Å². The highest BCUT2D eigenvalue weighted by Gasteiger charge is 2.21. The van der Waals surface area contributed by atoms with Crippen LogP contribution in [-0.2, 0) is 17.6 Å². The Kier molecular flexibility index (Phi) is 4.43. The number of aryl methyl sites for hydroxylation is 2. The summed E-state index contributed by atoms with van der Waals surface area (Å²) in [5.41, 5.74) is 3.39. The fourth-order valence-electron chi connectivity index (χ4n) is 2.10. The molecule has 1 aliphatic rings. The molecule has 0 fully saturated rings. The Morgan fingerprint density at radius 1 is 1.33 bits per heavy atom. The van der Waals surface area contributed by atoms with E-state index in [1.54, 1.807) is 0 Å². The van der Waals surface area contributed by atoms with Gasteiger partial charge < -0.3 is 10.2 Å². The van der Waals surface area contributed by atoms with Gasteiger partial charge in [0.1, 0.15) is 6.10 Å². The van der Waals surface area contributed by atoms with Gasteiger partial charge in [-0.1, -0.05) is 30.0 Å². The molecule has 2 rings (SSSR count). The van der Waals surface area contributed by atoms with Gasteiger partial charge in [-0.3, -0.25) is 4.79 Å². The van der Waals surface area contributed by atoms with Crippen LogP contribution in [0.4, 0.5) is 0 Å². The summed E-state index contributed by atoms with van der Waals surface area (Å²) in [5.74, 6) is 0.540. The molecule has 18 heavy (non-hydrogen) atoms. The number of benzene rings is 1. The van der Waals surface area contributed by atoms with Crippen LogP contribution in [0.15, 0.2) is 18.2 Å². The van der Waals surface area contributed by atoms with E-state index in [0.29, 0.717) is 12.2 Å². The van der Waals surface area contributed by atoms with Gasteiger partial charge in [0.15, 0.2) is 5.12 Å². The predicted molar refractivity (Wildman–Crippen MR) is 72.6 cm³/mol. The van der Waals surface area contributed by atoms with Crippen LogP contribution in [0.1, 0.15) is 36.1 Å². The first kappa shape index (κ1) is 13.6. The van der Waals surface area contributed by atoms with Gasteiger partial charge in [0.2, 0.25) is 0 Å². The second-order valence-electron chi connectivity index (χ2n) is 4.67. The summed E-state index contributed by atoms with van der Waals surface area (Å²) < 4.78 is 0. The van der Waals surface area contributed by atoms with E-state index in [-0.39, 0.29) is 5.12 Å². The van der Waals surface area contributed by atoms with Crippen LogP contribution in [0, 0.1) is 0 Å². The zero-order valence-electron chi connectivity index (χ0n) is 10.4. The molecule has 2 unspecified atom stereocenters. The van der Waals surface area contributed by atoms with E-state index in [4.69, 9.17) is 0 Å². The summed E-state index contributed by atoms with van der Waals surface area (Å²) in [6.07, 6.45) is 0.927. The Bertz CT molecular complexity index is 445. The van der Waals surface area contributed by atoms with Crippen molar-refractivity contribution in [1.29, 1.82) is 0 Å². The van der Waals surface area contributed by atoms with E-state index < -0.39 is 12.2 Å². The van der Waals surface area contributed by atoms with Gasteiger partial charge in [-0.25, -0.2) is 0 Å². The third-order valence-electron chi connectivity index (χ3n) is 3.32. The van der Waals surface area contributed by atoms with Crippen molar-refractivity contribution in [3.63, 3.8) is 0 Å². The van der Waals surface area contributed by atoms with E-state index in [1.165, 1.54) is 29.8 Å². The lowest BCUT2D eigenvalue weighted by molar-refractivity contribution is -0.109. The number of thioether (sulfide) groups is 1. The first-order chi connectivity index (χ1) is 8.58. The summed E-state index contributed by atoms with van der Waals surface area (Å²) in [7, 11) is 0. The van der Waals surface area contributed by atoms with E-state index in [9.17, 15) is 15.0 Å². The number of carbonyl (C=O) groups excluding carboxylic acids is 1. The van der Waals surface area contributed by atoms with Crippen LogP contribution in [0.5, 0.6) is 0 Å². The van der Waals surface area contributed by atoms with Crippen molar-refractivity contribution in [2.45, 2.75) is 38.4 Å². The number of aliphatic hydroxyl groups excluding tert-OH is 2. The summed E-state index contributed by atoms with van der Waals surface area (Å²) in [6, 6.07) is 5.88. The maximum Gasteiger partial charge on any atom is 0.185 e. The molecule has 0 saturated heterocycles. The van der Waals surface area contributed by atoms with Gasteiger partial charge in [0.25, 0.3) is 0 Å². The van der Waals surface area contributed by atoms with E-state index in [1.807, 2.05) is 18.2 Å². The molecule has 0 amide bonds. The molecular weight excluding hydrogens is 248 g/mol. The monoisotopic (exact) mass is 266 g/mol. The maximum absolute atomic E-state index is 10.8. The molecule has 0 aliphatic heterocycles. The molecule has 98 valence electrons. The zero-order valence-corrected chi connectivity index (χ0v) is 11.2. The molecule has 0 saturated carbocycles. The quantitative estimate of drug-likeness (QED) is 0.854. The van der Waals surface area contributed by atoms with Gasteiger partial charge in [0, 0.05) is 12.7 Å². The highest BCUT2D eigenvalue weighted by Crippen LogP contribution is 2.28. The number of carbonyl (C=O) groups is 1. The molecule has 0 radical (unpaired) electrons. The number of hydrogen-bond donors (Lipinski definition) is 2. The Morgan fingerprint density at radius 3 is 2.61 bits per heavy atom. The minimum Gasteiger partial charge on any atom is -0.390 e. The van der Waals surface area contributed by atoms with Crippen molar-refractivity contribution >= 4 is 16.9 Å². The van der Waals surface area contributed by atoms with Crippen molar-refractivity contribution in [3.05, 3.63) is 34.9 Å². The van der Waals surface area contributed by atoms with E-state index >= 15 is 0 Å². The molecular formula is C14H18O3S. The average molecular weight is 266 g/mol. The molecule has 4 heteroatoms. The fourth-order valence-corrected chi connectivity index (χ4v) is 2.75. The molecule has 1 aromatic carbocycles. The SMILES string of the molecule is CC(=O)SCCC(O)C(O)c1ccc2c(c1)CC2. The number of fused-ring (bicyclic) bond motifs is 1. The van der Waals surface area contributed by atoms with Gasteiger partial charge >= 0.3 is 0 Å². The van der Waals surface area contributed by atoms with Gasteiger partial charge in [0.05, 0.1) is 6.10 Å². The summed E-state index contributed by atoms with van der Waals surface area (Å²) in [4.78, 5) is 10.8. The van der Waals surface area contributed by atoms with E-state index in [2.05, 4.69) is 0 Å².